The number of carbonyl (C=O) groups is 8. The molecular formula is C84H125N9O22. The van der Waals surface area contributed by atoms with Crippen molar-refractivity contribution in [1.82, 2.24) is 31.1 Å². The van der Waals surface area contributed by atoms with Gasteiger partial charge in [-0.3, -0.25) is 38.6 Å². The third-order valence-corrected chi connectivity index (χ3v) is 20.0. The number of aryl methyl sites for hydroxylation is 1. The Morgan fingerprint density at radius 1 is 0.583 bits per heavy atom. The van der Waals surface area contributed by atoms with Gasteiger partial charge in [-0.25, -0.2) is 9.69 Å². The van der Waals surface area contributed by atoms with Gasteiger partial charge in [-0.05, 0) is 113 Å². The Labute approximate surface area is 677 Å². The van der Waals surface area contributed by atoms with Gasteiger partial charge in [-0.1, -0.05) is 89.0 Å². The van der Waals surface area contributed by atoms with Crippen LogP contribution in [-0.2, 0) is 78.0 Å². The minimum atomic E-state index is -1.52. The van der Waals surface area contributed by atoms with Gasteiger partial charge in [0.15, 0.2) is 29.2 Å². The molecule has 5 unspecified atom stereocenters. The Hall–Kier alpha value is -8.79. The molecule has 3 heterocycles. The summed E-state index contributed by atoms with van der Waals surface area (Å²) in [6, 6.07) is 10.3. The first-order valence-corrected chi connectivity index (χ1v) is 40.6. The van der Waals surface area contributed by atoms with Crippen LogP contribution in [0.4, 0.5) is 21.9 Å². The number of benzene rings is 3. The predicted octanol–water partition coefficient (Wildman–Crippen LogP) is 9.19. The monoisotopic (exact) mass is 1610 g/mol. The van der Waals surface area contributed by atoms with Gasteiger partial charge in [-0.2, -0.15) is 0 Å². The molecule has 7 rings (SSSR count). The van der Waals surface area contributed by atoms with Crippen LogP contribution in [0.1, 0.15) is 159 Å². The van der Waals surface area contributed by atoms with Gasteiger partial charge in [0.1, 0.15) is 18.7 Å². The molecule has 0 radical (unpaired) electrons. The number of amides is 8. The summed E-state index contributed by atoms with van der Waals surface area (Å²) in [5.41, 5.74) is 4.58. The molecule has 1 saturated carbocycles. The quantitative estimate of drug-likeness (QED) is 0.0174. The lowest BCUT2D eigenvalue weighted by molar-refractivity contribution is -0.132. The molecule has 3 aromatic carbocycles. The fourth-order valence-electron chi connectivity index (χ4n) is 13.5. The fraction of sp³-hybridized carbons (Fsp3) is 0.631. The Kier molecular flexibility index (Phi) is 42.2. The van der Waals surface area contributed by atoms with Crippen LogP contribution >= 0.6 is 0 Å². The summed E-state index contributed by atoms with van der Waals surface area (Å²) in [4.78, 5) is 113. The van der Waals surface area contributed by atoms with Crippen LogP contribution in [0.3, 0.4) is 0 Å². The number of rotatable bonds is 54. The first kappa shape index (κ1) is 93.4. The van der Waals surface area contributed by atoms with E-state index in [-0.39, 0.29) is 92.4 Å². The van der Waals surface area contributed by atoms with Crippen molar-refractivity contribution in [2.24, 2.45) is 22.7 Å². The number of hydrogen-bond donors (Lipinski definition) is 6. The Morgan fingerprint density at radius 2 is 1.13 bits per heavy atom. The third-order valence-electron chi connectivity index (χ3n) is 20.0. The minimum Gasteiger partial charge on any atom is -0.493 e. The van der Waals surface area contributed by atoms with Gasteiger partial charge >= 0.3 is 6.09 Å². The average molecular weight is 1610 g/mol. The minimum absolute atomic E-state index is 0.00916. The van der Waals surface area contributed by atoms with Gasteiger partial charge in [0.25, 0.3) is 5.91 Å². The van der Waals surface area contributed by atoms with Crippen molar-refractivity contribution >= 4 is 71.2 Å². The van der Waals surface area contributed by atoms with Crippen molar-refractivity contribution in [2.75, 3.05) is 156 Å². The molecule has 1 aliphatic carbocycles. The smallest absolute Gasteiger partial charge is 0.416 e. The Bertz CT molecular complexity index is 3610. The number of aliphatic imine (C=N–C) groups is 1. The zero-order valence-corrected chi connectivity index (χ0v) is 68.8. The molecule has 0 saturated heterocycles. The molecule has 1 fully saturated rings. The topological polar surface area (TPSA) is 359 Å². The summed E-state index contributed by atoms with van der Waals surface area (Å²) >= 11 is 0. The van der Waals surface area contributed by atoms with Crippen LogP contribution < -0.4 is 50.4 Å². The van der Waals surface area contributed by atoms with Gasteiger partial charge < -0.3 is 103 Å². The van der Waals surface area contributed by atoms with Crippen molar-refractivity contribution < 1.29 is 105 Å². The van der Waals surface area contributed by atoms with Gasteiger partial charge in [0, 0.05) is 68.8 Å². The summed E-state index contributed by atoms with van der Waals surface area (Å²) in [7, 11) is 3.02. The number of fused-ring (bicyclic) bond motifs is 2. The highest BCUT2D eigenvalue weighted by Crippen LogP contribution is 2.43. The molecule has 3 aromatic rings. The summed E-state index contributed by atoms with van der Waals surface area (Å²) in [6.45, 7) is 19.9. The molecule has 31 nitrogen and oxygen atoms in total. The number of anilines is 2. The third kappa shape index (κ3) is 32.7. The second-order valence-corrected chi connectivity index (χ2v) is 29.5. The fourth-order valence-corrected chi connectivity index (χ4v) is 13.5. The van der Waals surface area contributed by atoms with Crippen LogP contribution in [0.5, 0.6) is 23.0 Å². The number of nitrogens with one attached hydrogen (secondary N) is 5. The van der Waals surface area contributed by atoms with Crippen molar-refractivity contribution in [3.63, 3.8) is 0 Å². The molecule has 6 atom stereocenters. The molecule has 8 amide bonds. The average Bonchev–Trinajstić information content (AvgIpc) is 1.39. The summed E-state index contributed by atoms with van der Waals surface area (Å²) in [5.74, 6) is 0.224. The second kappa shape index (κ2) is 52.0. The molecule has 3 aliphatic heterocycles. The Balaban J connectivity index is 0.689. The van der Waals surface area contributed by atoms with E-state index < -0.39 is 54.1 Å². The van der Waals surface area contributed by atoms with E-state index in [9.17, 15) is 43.5 Å². The highest BCUT2D eigenvalue weighted by atomic mass is 16.6. The zero-order valence-electron chi connectivity index (χ0n) is 68.8. The molecule has 31 heteroatoms. The van der Waals surface area contributed by atoms with Crippen molar-refractivity contribution in [3.8, 4) is 23.0 Å². The van der Waals surface area contributed by atoms with Gasteiger partial charge in [-0.15, -0.1) is 0 Å². The molecule has 6 N–H and O–H groups in total. The van der Waals surface area contributed by atoms with E-state index >= 15 is 0 Å². The summed E-state index contributed by atoms with van der Waals surface area (Å²) in [5, 5.41) is 25.9. The van der Waals surface area contributed by atoms with Crippen molar-refractivity contribution in [2.45, 2.75) is 182 Å². The maximum absolute atomic E-state index is 14.3. The lowest BCUT2D eigenvalue weighted by Crippen LogP contribution is -2.53. The number of aliphatic hydroxyl groups excluding tert-OH is 1. The maximum Gasteiger partial charge on any atom is 0.416 e. The lowest BCUT2D eigenvalue weighted by Gasteiger charge is -2.31. The van der Waals surface area contributed by atoms with Crippen LogP contribution in [0.2, 0.25) is 0 Å². The second-order valence-electron chi connectivity index (χ2n) is 29.5. The first-order chi connectivity index (χ1) is 55.7. The van der Waals surface area contributed by atoms with E-state index in [2.05, 4.69) is 33.5 Å². The van der Waals surface area contributed by atoms with E-state index in [0.717, 1.165) is 28.0 Å². The number of methoxy groups -OCH3 is 2. The van der Waals surface area contributed by atoms with Crippen LogP contribution in [0.25, 0.3) is 0 Å². The molecule has 115 heavy (non-hydrogen) atoms. The van der Waals surface area contributed by atoms with Crippen LogP contribution in [-0.4, -0.2) is 246 Å². The molecule has 638 valence electrons. The Morgan fingerprint density at radius 3 is 1.71 bits per heavy atom. The lowest BCUT2D eigenvalue weighted by atomic mass is 9.81. The van der Waals surface area contributed by atoms with E-state index in [1.165, 1.54) is 76.0 Å². The predicted molar refractivity (Wildman–Crippen MR) is 432 cm³/mol. The number of ether oxygens (including phenoxy) is 13. The van der Waals surface area contributed by atoms with Gasteiger partial charge in [0.2, 0.25) is 35.9 Å². The van der Waals surface area contributed by atoms with Gasteiger partial charge in [0.05, 0.1) is 162 Å². The van der Waals surface area contributed by atoms with Crippen molar-refractivity contribution in [1.29, 1.82) is 0 Å². The number of unbranched alkanes of at least 4 members (excludes halogenated alkanes) is 2. The number of aliphatic hydroxyl groups is 1. The first-order valence-electron chi connectivity index (χ1n) is 40.6. The van der Waals surface area contributed by atoms with Crippen molar-refractivity contribution in [3.05, 3.63) is 88.8 Å². The van der Waals surface area contributed by atoms with Crippen LogP contribution in [0, 0.1) is 24.7 Å². The molecule has 0 bridgehead atoms. The van der Waals surface area contributed by atoms with E-state index in [4.69, 9.17) is 66.6 Å². The normalized spacial score (nSPS) is 17.1. The zero-order chi connectivity index (χ0) is 82.7. The summed E-state index contributed by atoms with van der Waals surface area (Å²) < 4.78 is 74.0. The van der Waals surface area contributed by atoms with E-state index in [1.54, 1.807) is 62.5 Å². The molecular weight excluding hydrogens is 1490 g/mol. The highest BCUT2D eigenvalue weighted by molar-refractivity contribution is 6.06. The van der Waals surface area contributed by atoms with E-state index in [1.807, 2.05) is 39.1 Å². The standard InChI is InChI=1S/C84H125N9O22/c1-58(2)79(90-77(96)25-30-105-32-34-107-36-38-109-40-42-111-44-45-112-43-41-110-39-37-108-35-33-106-31-27-86-76(95)24-26-85-78(97)49-61(5)65-18-14-11-10-12-15-19-65)81(99)88-63(7)80(98)89-66-22-20-64(21-23-66)56-115-84(102)93-70-52-75(73(104-9)50-68(70)82(100)92-55-60(4)47-71(92)83(93)101)114-29-17-13-16-28-113-74-51-69(62(6)48-72(74)103-8)87-53-67-46-59(3)54-91(67)57-94/h20-23,48,50-55,57-58,61,63,65,67,71,79,83,101H,10-19,24-47,49,56H2,1-9H3,(H,85,97)(H,86,95)(H,88,99)(H,89,98)(H,90,96)/b87-53-/t61?,63?,67?,71?,79-,83?/m0/s1. The number of nitrogens with zero attached hydrogens (tertiary/aromatic N) is 4. The largest absolute Gasteiger partial charge is 0.493 e. The maximum atomic E-state index is 14.3. The highest BCUT2D eigenvalue weighted by Gasteiger charge is 2.45. The summed E-state index contributed by atoms with van der Waals surface area (Å²) in [6.07, 6.45) is 16.2. The molecule has 4 aliphatic rings. The molecule has 0 aromatic heterocycles. The van der Waals surface area contributed by atoms with Crippen LogP contribution in [0.15, 0.2) is 77.1 Å². The number of carbonyl (C=O) groups excluding carboxylic acids is 8. The van der Waals surface area contributed by atoms with E-state index in [0.29, 0.717) is 184 Å². The molecule has 0 spiro atoms. The number of hydrogen-bond acceptors (Lipinski definition) is 23. The SMILES string of the molecule is COc1cc(C)c(/N=C\C2CC(C)=CN2C=O)cc1OCCCCCOc1cc2c(cc1OC)C(=O)N1C=C(C)CC1C(O)N2C(=O)OCc1ccc(NC(=O)C(C)NC(=O)[C@@H](NC(=O)CCOCCOCCOCCOCCOCCOCCOCCOCCNC(=O)CCNC(=O)CC(C)C2CCCCCCC2)C(C)C)cc1.